The minimum atomic E-state index is -0.312. The molecule has 2 atom stereocenters. The van der Waals surface area contributed by atoms with E-state index in [4.69, 9.17) is 4.74 Å². The molecule has 3 rings (SSSR count). The number of carbonyl (C=O) groups excluding carboxylic acids is 2. The number of allylic oxidation sites excluding steroid dienone is 4. The molecule has 0 aliphatic heterocycles. The molecule has 1 saturated carbocycles. The molecule has 0 aromatic heterocycles. The maximum Gasteiger partial charge on any atom is 0.307 e. The van der Waals surface area contributed by atoms with Crippen molar-refractivity contribution < 1.29 is 14.3 Å². The van der Waals surface area contributed by atoms with Crippen molar-refractivity contribution in [2.75, 3.05) is 0 Å². The predicted molar refractivity (Wildman–Crippen MR) is 85.0 cm³/mol. The van der Waals surface area contributed by atoms with E-state index in [0.29, 0.717) is 18.6 Å². The van der Waals surface area contributed by atoms with Gasteiger partial charge in [0.25, 0.3) is 0 Å². The van der Waals surface area contributed by atoms with Gasteiger partial charge in [-0.05, 0) is 44.4 Å². The van der Waals surface area contributed by atoms with Crippen molar-refractivity contribution in [3.05, 3.63) is 22.5 Å². The van der Waals surface area contributed by atoms with Crippen LogP contribution in [0.3, 0.4) is 0 Å². The summed E-state index contributed by atoms with van der Waals surface area (Å²) in [5, 5.41) is 0. The summed E-state index contributed by atoms with van der Waals surface area (Å²) in [6.07, 6.45) is 6.55. The number of fused-ring (bicyclic) bond motifs is 2. The van der Waals surface area contributed by atoms with Gasteiger partial charge in [-0.15, -0.1) is 0 Å². The molecule has 3 nitrogen and oxygen atoms in total. The van der Waals surface area contributed by atoms with E-state index in [-0.39, 0.29) is 22.6 Å². The van der Waals surface area contributed by atoms with Crippen LogP contribution in [0.1, 0.15) is 72.6 Å². The third kappa shape index (κ3) is 2.35. The van der Waals surface area contributed by atoms with Gasteiger partial charge in [0.2, 0.25) is 0 Å². The molecule has 3 aliphatic rings. The van der Waals surface area contributed by atoms with E-state index in [1.165, 1.54) is 24.5 Å². The Balaban J connectivity index is 2.16. The van der Waals surface area contributed by atoms with E-state index in [1.807, 2.05) is 0 Å². The van der Waals surface area contributed by atoms with Crippen LogP contribution in [0.5, 0.6) is 0 Å². The van der Waals surface area contributed by atoms with Crippen LogP contribution in [0.25, 0.3) is 0 Å². The van der Waals surface area contributed by atoms with Crippen LogP contribution in [-0.4, -0.2) is 11.8 Å². The third-order valence-corrected chi connectivity index (χ3v) is 5.97. The minimum Gasteiger partial charge on any atom is -0.431 e. The lowest BCUT2D eigenvalue weighted by Crippen LogP contribution is -2.26. The highest BCUT2D eigenvalue weighted by molar-refractivity contribution is 6.00. The number of ketones is 1. The molecule has 1 fully saturated rings. The molecule has 0 aromatic carbocycles. The number of Topliss-reactive ketones (excluding diaryl/α,β-unsaturated/α-hetero) is 1. The Bertz CT molecular complexity index is 610. The summed E-state index contributed by atoms with van der Waals surface area (Å²) in [6.45, 7) is 8.13. The van der Waals surface area contributed by atoms with Crippen molar-refractivity contribution in [3.8, 4) is 0 Å². The summed E-state index contributed by atoms with van der Waals surface area (Å²) < 4.78 is 5.57. The Kier molecular flexibility index (Phi) is 3.58. The lowest BCUT2D eigenvalue weighted by atomic mass is 9.66. The molecule has 0 N–H and O–H groups in total. The van der Waals surface area contributed by atoms with Crippen molar-refractivity contribution >= 4 is 11.8 Å². The topological polar surface area (TPSA) is 43.4 Å². The number of hydrogen-bond acceptors (Lipinski definition) is 3. The lowest BCUT2D eigenvalue weighted by molar-refractivity contribution is -0.137. The van der Waals surface area contributed by atoms with Crippen molar-refractivity contribution in [3.63, 3.8) is 0 Å². The van der Waals surface area contributed by atoms with E-state index < -0.39 is 0 Å². The summed E-state index contributed by atoms with van der Waals surface area (Å²) >= 11 is 0. The number of ether oxygens (including phenoxy) is 1. The van der Waals surface area contributed by atoms with Crippen LogP contribution in [0.2, 0.25) is 0 Å². The third-order valence-electron chi connectivity index (χ3n) is 5.97. The molecule has 22 heavy (non-hydrogen) atoms. The molecule has 0 bridgehead atoms. The van der Waals surface area contributed by atoms with E-state index in [9.17, 15) is 9.59 Å². The van der Waals surface area contributed by atoms with Crippen LogP contribution >= 0.6 is 0 Å². The van der Waals surface area contributed by atoms with Gasteiger partial charge in [0.15, 0.2) is 5.78 Å². The van der Waals surface area contributed by atoms with Gasteiger partial charge >= 0.3 is 5.97 Å². The average Bonchev–Trinajstić information content (AvgIpc) is 2.64. The molecule has 0 unspecified atom stereocenters. The molecule has 3 heteroatoms. The summed E-state index contributed by atoms with van der Waals surface area (Å²) in [7, 11) is 0. The Labute approximate surface area is 132 Å². The zero-order valence-corrected chi connectivity index (χ0v) is 14.2. The number of esters is 1. The quantitative estimate of drug-likeness (QED) is 0.530. The Morgan fingerprint density at radius 2 is 1.82 bits per heavy atom. The first-order valence-electron chi connectivity index (χ1n) is 8.39. The highest BCUT2D eigenvalue weighted by atomic mass is 16.5. The van der Waals surface area contributed by atoms with Gasteiger partial charge in [-0.1, -0.05) is 25.0 Å². The average molecular weight is 302 g/mol. The highest BCUT2D eigenvalue weighted by Gasteiger charge is 2.49. The van der Waals surface area contributed by atoms with E-state index in [1.54, 1.807) is 0 Å². The van der Waals surface area contributed by atoms with Crippen molar-refractivity contribution in [1.29, 1.82) is 0 Å². The fraction of sp³-hybridized carbons (Fsp3) is 0.684. The zero-order chi connectivity index (χ0) is 16.1. The molecule has 0 heterocycles. The summed E-state index contributed by atoms with van der Waals surface area (Å²) in [4.78, 5) is 24.1. The van der Waals surface area contributed by atoms with Gasteiger partial charge < -0.3 is 4.74 Å². The minimum absolute atomic E-state index is 0.0355. The molecule has 0 aromatic rings. The van der Waals surface area contributed by atoms with Gasteiger partial charge in [0.05, 0.1) is 0 Å². The SMILES string of the molecule is CC(=O)OC1=C2C(=O)CC[C@@]2(C)CC2=C(C)CCC[C@@]2(C)C1. The van der Waals surface area contributed by atoms with Gasteiger partial charge in [0.1, 0.15) is 5.76 Å². The molecule has 120 valence electrons. The Morgan fingerprint density at radius 1 is 1.09 bits per heavy atom. The number of carbonyl (C=O) groups is 2. The van der Waals surface area contributed by atoms with Crippen LogP contribution in [0, 0.1) is 10.8 Å². The summed E-state index contributed by atoms with van der Waals surface area (Å²) in [5.74, 6) is 0.525. The smallest absolute Gasteiger partial charge is 0.307 e. The Morgan fingerprint density at radius 3 is 2.50 bits per heavy atom. The normalized spacial score (nSPS) is 35.2. The van der Waals surface area contributed by atoms with Crippen molar-refractivity contribution in [1.82, 2.24) is 0 Å². The Hall–Kier alpha value is -1.38. The highest BCUT2D eigenvalue weighted by Crippen LogP contribution is 2.58. The van der Waals surface area contributed by atoms with Crippen LogP contribution in [0.4, 0.5) is 0 Å². The van der Waals surface area contributed by atoms with Crippen molar-refractivity contribution in [2.45, 2.75) is 72.6 Å². The largest absolute Gasteiger partial charge is 0.431 e. The van der Waals surface area contributed by atoms with Crippen LogP contribution < -0.4 is 0 Å². The number of rotatable bonds is 1. The zero-order valence-electron chi connectivity index (χ0n) is 14.2. The van der Waals surface area contributed by atoms with Gasteiger partial charge in [0, 0.05) is 30.8 Å². The van der Waals surface area contributed by atoms with Crippen molar-refractivity contribution in [2.24, 2.45) is 10.8 Å². The maximum absolute atomic E-state index is 12.5. The van der Waals surface area contributed by atoms with E-state index in [2.05, 4.69) is 20.8 Å². The predicted octanol–water partition coefficient (Wildman–Crippen LogP) is 4.47. The first-order chi connectivity index (χ1) is 10.3. The first-order valence-corrected chi connectivity index (χ1v) is 8.39. The summed E-state index contributed by atoms with van der Waals surface area (Å²) in [5.41, 5.74) is 3.67. The number of hydrogen-bond donors (Lipinski definition) is 0. The standard InChI is InChI=1S/C19H26O3/c1-12-6-5-8-18(3)11-16(22-13(2)20)17-15(21)7-9-19(17,4)10-14(12)18/h5-11H2,1-4H3/t18-,19-/m0/s1. The van der Waals surface area contributed by atoms with E-state index >= 15 is 0 Å². The fourth-order valence-electron chi connectivity index (χ4n) is 4.86. The molecular weight excluding hydrogens is 276 g/mol. The molecule has 0 radical (unpaired) electrons. The van der Waals surface area contributed by atoms with Crippen LogP contribution in [0.15, 0.2) is 22.5 Å². The van der Waals surface area contributed by atoms with Crippen LogP contribution in [-0.2, 0) is 14.3 Å². The monoisotopic (exact) mass is 302 g/mol. The summed E-state index contributed by atoms with van der Waals surface area (Å²) in [6, 6.07) is 0. The van der Waals surface area contributed by atoms with Gasteiger partial charge in [-0.2, -0.15) is 0 Å². The molecule has 0 amide bonds. The molecule has 0 saturated heterocycles. The second-order valence-corrected chi connectivity index (χ2v) is 7.90. The van der Waals surface area contributed by atoms with Gasteiger partial charge in [-0.3, -0.25) is 9.59 Å². The second kappa shape index (κ2) is 5.07. The second-order valence-electron chi connectivity index (χ2n) is 7.90. The van der Waals surface area contributed by atoms with E-state index in [0.717, 1.165) is 31.3 Å². The maximum atomic E-state index is 12.5. The fourth-order valence-corrected chi connectivity index (χ4v) is 4.86. The first kappa shape index (κ1) is 15.5. The molecular formula is C19H26O3. The lowest BCUT2D eigenvalue weighted by Gasteiger charge is -2.38. The molecule has 0 spiro atoms. The van der Waals surface area contributed by atoms with Gasteiger partial charge in [-0.25, -0.2) is 0 Å². The molecule has 3 aliphatic carbocycles.